The Bertz CT molecular complexity index is 438. The van der Waals surface area contributed by atoms with E-state index in [-0.39, 0.29) is 24.3 Å². The summed E-state index contributed by atoms with van der Waals surface area (Å²) in [6, 6.07) is 5.55. The fourth-order valence-corrected chi connectivity index (χ4v) is 1.30. The minimum absolute atomic E-state index is 0.0315. The summed E-state index contributed by atoms with van der Waals surface area (Å²) in [6.45, 7) is -0.647. The minimum atomic E-state index is -0.647. The fraction of sp³-hybridized carbons (Fsp3) is 0.273. The number of benzene rings is 1. The van der Waals surface area contributed by atoms with Crippen molar-refractivity contribution in [2.45, 2.75) is 12.8 Å². The first-order chi connectivity index (χ1) is 8.02. The lowest BCUT2D eigenvalue weighted by molar-refractivity contribution is -0.384. The molecule has 0 radical (unpaired) electrons. The van der Waals surface area contributed by atoms with Crippen molar-refractivity contribution < 1.29 is 19.6 Å². The highest BCUT2D eigenvalue weighted by Crippen LogP contribution is 2.12. The van der Waals surface area contributed by atoms with Gasteiger partial charge in [-0.25, -0.2) is 0 Å². The first-order valence-corrected chi connectivity index (χ1v) is 4.90. The van der Waals surface area contributed by atoms with Gasteiger partial charge in [0.1, 0.15) is 12.4 Å². The number of aliphatic hydroxyl groups excluding tert-OH is 1. The van der Waals surface area contributed by atoms with Crippen LogP contribution in [0.3, 0.4) is 0 Å². The largest absolute Gasteiger partial charge is 0.389 e. The number of hydrogen-bond acceptors (Lipinski definition) is 5. The van der Waals surface area contributed by atoms with Crippen LogP contribution in [0.15, 0.2) is 24.3 Å². The molecular formula is C11H11NO5. The maximum Gasteiger partial charge on any atom is 0.269 e. The highest BCUT2D eigenvalue weighted by molar-refractivity contribution is 6.00. The Morgan fingerprint density at radius 2 is 1.76 bits per heavy atom. The molecule has 17 heavy (non-hydrogen) atoms. The predicted molar refractivity (Wildman–Crippen MR) is 58.5 cm³/mol. The van der Waals surface area contributed by atoms with Crippen molar-refractivity contribution in [2.75, 3.05) is 6.61 Å². The molecule has 0 atom stereocenters. The van der Waals surface area contributed by atoms with E-state index in [4.69, 9.17) is 5.11 Å². The molecule has 1 N–H and O–H groups in total. The number of nitro groups is 1. The SMILES string of the molecule is O=C(CO)CC(=O)Cc1ccc([N+](=O)[O-])cc1. The van der Waals surface area contributed by atoms with Crippen LogP contribution < -0.4 is 0 Å². The van der Waals surface area contributed by atoms with E-state index < -0.39 is 17.3 Å². The van der Waals surface area contributed by atoms with Crippen LogP contribution in [0.4, 0.5) is 5.69 Å². The van der Waals surface area contributed by atoms with E-state index >= 15 is 0 Å². The zero-order valence-electron chi connectivity index (χ0n) is 8.96. The lowest BCUT2D eigenvalue weighted by Gasteiger charge is -1.99. The molecular weight excluding hydrogens is 226 g/mol. The van der Waals surface area contributed by atoms with Crippen molar-refractivity contribution in [1.29, 1.82) is 0 Å². The van der Waals surface area contributed by atoms with Crippen molar-refractivity contribution in [1.82, 2.24) is 0 Å². The number of rotatable bonds is 6. The van der Waals surface area contributed by atoms with Gasteiger partial charge in [-0.1, -0.05) is 12.1 Å². The van der Waals surface area contributed by atoms with Crippen molar-refractivity contribution in [2.24, 2.45) is 0 Å². The van der Waals surface area contributed by atoms with Gasteiger partial charge in [-0.3, -0.25) is 19.7 Å². The van der Waals surface area contributed by atoms with Gasteiger partial charge in [-0.15, -0.1) is 0 Å². The molecule has 0 saturated carbocycles. The summed E-state index contributed by atoms with van der Waals surface area (Å²) in [7, 11) is 0. The van der Waals surface area contributed by atoms with Crippen molar-refractivity contribution in [3.63, 3.8) is 0 Å². The molecule has 0 amide bonds. The van der Waals surface area contributed by atoms with Gasteiger partial charge in [0.25, 0.3) is 5.69 Å². The molecule has 0 aliphatic carbocycles. The summed E-state index contributed by atoms with van der Waals surface area (Å²) in [6.07, 6.45) is -0.281. The highest BCUT2D eigenvalue weighted by atomic mass is 16.6. The van der Waals surface area contributed by atoms with Crippen LogP contribution in [0.5, 0.6) is 0 Å². The van der Waals surface area contributed by atoms with Gasteiger partial charge in [0.2, 0.25) is 0 Å². The molecule has 0 aromatic heterocycles. The smallest absolute Gasteiger partial charge is 0.269 e. The van der Waals surface area contributed by atoms with Gasteiger partial charge in [-0.05, 0) is 5.56 Å². The van der Waals surface area contributed by atoms with Crippen LogP contribution in [-0.2, 0) is 16.0 Å². The average Bonchev–Trinajstić information content (AvgIpc) is 2.29. The number of nitro benzene ring substituents is 1. The summed E-state index contributed by atoms with van der Waals surface area (Å²) < 4.78 is 0. The van der Waals surface area contributed by atoms with Crippen molar-refractivity contribution in [3.05, 3.63) is 39.9 Å². The Balaban J connectivity index is 2.60. The Kier molecular flexibility index (Phi) is 4.47. The lowest BCUT2D eigenvalue weighted by atomic mass is 10.1. The second-order valence-electron chi connectivity index (χ2n) is 3.51. The Labute approximate surface area is 97.0 Å². The Morgan fingerprint density at radius 1 is 1.18 bits per heavy atom. The third kappa shape index (κ3) is 4.12. The summed E-state index contributed by atoms with van der Waals surface area (Å²) in [5, 5.41) is 18.9. The Morgan fingerprint density at radius 3 is 2.24 bits per heavy atom. The van der Waals surface area contributed by atoms with E-state index in [0.29, 0.717) is 5.56 Å². The monoisotopic (exact) mass is 237 g/mol. The number of ketones is 2. The molecule has 6 nitrogen and oxygen atoms in total. The second kappa shape index (κ2) is 5.86. The third-order valence-electron chi connectivity index (χ3n) is 2.12. The summed E-state index contributed by atoms with van der Waals surface area (Å²) in [4.78, 5) is 32.0. The van der Waals surface area contributed by atoms with Gasteiger partial charge < -0.3 is 5.11 Å². The van der Waals surface area contributed by atoms with E-state index in [0.717, 1.165) is 0 Å². The van der Waals surface area contributed by atoms with Crippen molar-refractivity contribution in [3.8, 4) is 0 Å². The zero-order valence-corrected chi connectivity index (χ0v) is 8.96. The van der Waals surface area contributed by atoms with Gasteiger partial charge in [-0.2, -0.15) is 0 Å². The van der Waals surface area contributed by atoms with E-state index in [1.807, 2.05) is 0 Å². The molecule has 0 saturated heterocycles. The number of non-ortho nitro benzene ring substituents is 1. The van der Waals surface area contributed by atoms with Crippen LogP contribution in [0, 0.1) is 10.1 Å². The van der Waals surface area contributed by atoms with Crippen LogP contribution in [-0.4, -0.2) is 28.2 Å². The van der Waals surface area contributed by atoms with Gasteiger partial charge in [0.15, 0.2) is 5.78 Å². The first-order valence-electron chi connectivity index (χ1n) is 4.90. The molecule has 0 aliphatic heterocycles. The second-order valence-corrected chi connectivity index (χ2v) is 3.51. The number of carbonyl (C=O) groups is 2. The average molecular weight is 237 g/mol. The molecule has 0 heterocycles. The summed E-state index contributed by atoms with van der Waals surface area (Å²) >= 11 is 0. The number of Topliss-reactive ketones (excluding diaryl/α,β-unsaturated/α-hetero) is 2. The number of carbonyl (C=O) groups excluding carboxylic acids is 2. The van der Waals surface area contributed by atoms with Crippen LogP contribution in [0.1, 0.15) is 12.0 Å². The molecule has 90 valence electrons. The van der Waals surface area contributed by atoms with Crippen LogP contribution in [0.2, 0.25) is 0 Å². The Hall–Kier alpha value is -2.08. The topological polar surface area (TPSA) is 97.5 Å². The number of nitrogens with zero attached hydrogens (tertiary/aromatic N) is 1. The third-order valence-corrected chi connectivity index (χ3v) is 2.12. The van der Waals surface area contributed by atoms with Gasteiger partial charge in [0.05, 0.1) is 11.3 Å². The molecule has 0 aliphatic rings. The summed E-state index contributed by atoms with van der Waals surface area (Å²) in [5.74, 6) is -0.852. The van der Waals surface area contributed by atoms with E-state index in [1.54, 1.807) is 0 Å². The van der Waals surface area contributed by atoms with Crippen molar-refractivity contribution >= 4 is 17.3 Å². The fourth-order valence-electron chi connectivity index (χ4n) is 1.30. The molecule has 0 unspecified atom stereocenters. The lowest BCUT2D eigenvalue weighted by Crippen LogP contribution is -2.13. The normalized spacial score (nSPS) is 9.94. The number of hydrogen-bond donors (Lipinski definition) is 1. The molecule has 0 spiro atoms. The molecule has 1 rings (SSSR count). The van der Waals surface area contributed by atoms with Crippen LogP contribution >= 0.6 is 0 Å². The molecule has 6 heteroatoms. The maximum absolute atomic E-state index is 11.3. The summed E-state index contributed by atoms with van der Waals surface area (Å²) in [5.41, 5.74) is 0.555. The van der Waals surface area contributed by atoms with Gasteiger partial charge in [0, 0.05) is 18.6 Å². The van der Waals surface area contributed by atoms with Crippen LogP contribution in [0.25, 0.3) is 0 Å². The number of aliphatic hydroxyl groups is 1. The molecule has 1 aromatic carbocycles. The molecule has 1 aromatic rings. The minimum Gasteiger partial charge on any atom is -0.389 e. The van der Waals surface area contributed by atoms with E-state index in [9.17, 15) is 19.7 Å². The maximum atomic E-state index is 11.3. The zero-order chi connectivity index (χ0) is 12.8. The van der Waals surface area contributed by atoms with Gasteiger partial charge >= 0.3 is 0 Å². The molecule has 0 bridgehead atoms. The standard InChI is InChI=1S/C11H11NO5/c13-7-11(15)6-10(14)5-8-1-3-9(4-2-8)12(16)17/h1-4,13H,5-7H2. The van der Waals surface area contributed by atoms with E-state index in [1.165, 1.54) is 24.3 Å². The predicted octanol–water partition coefficient (Wildman–Crippen LogP) is 0.658. The highest BCUT2D eigenvalue weighted by Gasteiger charge is 2.10. The molecule has 0 fully saturated rings. The van der Waals surface area contributed by atoms with E-state index in [2.05, 4.69) is 0 Å². The first kappa shape index (κ1) is 13.0. The quantitative estimate of drug-likeness (QED) is 0.445.